The third kappa shape index (κ3) is 5.19. The molecule has 0 unspecified atom stereocenters. The monoisotopic (exact) mass is 334 g/mol. The Bertz CT molecular complexity index is 633. The van der Waals surface area contributed by atoms with Crippen molar-refractivity contribution in [2.75, 3.05) is 25.0 Å². The van der Waals surface area contributed by atoms with Crippen LogP contribution >= 0.6 is 0 Å². The van der Waals surface area contributed by atoms with Crippen molar-refractivity contribution < 1.29 is 9.59 Å². The first-order chi connectivity index (χ1) is 11.5. The predicted molar refractivity (Wildman–Crippen MR) is 92.9 cm³/mol. The third-order valence-corrected chi connectivity index (χ3v) is 4.26. The molecule has 7 nitrogen and oxygen atoms in total. The summed E-state index contributed by atoms with van der Waals surface area (Å²) in [5, 5.41) is 5.11. The number of H-pyrrole nitrogens is 1. The number of anilines is 1. The lowest BCUT2D eigenvalue weighted by Crippen LogP contribution is -2.48. The van der Waals surface area contributed by atoms with E-state index in [4.69, 9.17) is 0 Å². The summed E-state index contributed by atoms with van der Waals surface area (Å²) in [6, 6.07) is 3.17. The van der Waals surface area contributed by atoms with Gasteiger partial charge in [0.1, 0.15) is 5.69 Å². The molecular weight excluding hydrogens is 308 g/mol. The summed E-state index contributed by atoms with van der Waals surface area (Å²) in [5.41, 5.74) is 0.354. The molecule has 0 radical (unpaired) electrons. The minimum Gasteiger partial charge on any atom is -0.345 e. The Balaban J connectivity index is 1.80. The Morgan fingerprint density at radius 3 is 2.58 bits per heavy atom. The summed E-state index contributed by atoms with van der Waals surface area (Å²) >= 11 is 0. The fraction of sp³-hybridized carbons (Fsp3) is 0.588. The van der Waals surface area contributed by atoms with Gasteiger partial charge in [0, 0.05) is 24.8 Å². The smallest absolute Gasteiger partial charge is 0.313 e. The van der Waals surface area contributed by atoms with Gasteiger partial charge in [-0.2, -0.15) is 0 Å². The zero-order valence-corrected chi connectivity index (χ0v) is 14.4. The molecule has 2 rings (SSSR count). The van der Waals surface area contributed by atoms with Crippen LogP contribution in [0.25, 0.3) is 0 Å². The second-order valence-electron chi connectivity index (χ2n) is 6.28. The fourth-order valence-electron chi connectivity index (χ4n) is 2.78. The van der Waals surface area contributed by atoms with E-state index in [9.17, 15) is 14.4 Å². The van der Waals surface area contributed by atoms with Crippen molar-refractivity contribution >= 4 is 17.5 Å². The molecule has 24 heavy (non-hydrogen) atoms. The number of likely N-dealkylation sites (tertiary alicyclic amines) is 1. The van der Waals surface area contributed by atoms with Crippen LogP contribution in [0.4, 0.5) is 5.69 Å². The summed E-state index contributed by atoms with van der Waals surface area (Å²) in [7, 11) is 0. The molecule has 1 fully saturated rings. The highest BCUT2D eigenvalue weighted by Gasteiger charge is 2.23. The van der Waals surface area contributed by atoms with Gasteiger partial charge >= 0.3 is 11.8 Å². The van der Waals surface area contributed by atoms with Crippen LogP contribution in [-0.4, -0.2) is 47.4 Å². The number of nitrogens with one attached hydrogen (secondary N) is 3. The lowest BCUT2D eigenvalue weighted by atomic mass is 10.0. The lowest BCUT2D eigenvalue weighted by molar-refractivity contribution is -0.136. The molecule has 1 aromatic heterocycles. The van der Waals surface area contributed by atoms with Gasteiger partial charge < -0.3 is 20.5 Å². The van der Waals surface area contributed by atoms with Gasteiger partial charge in [0.2, 0.25) is 0 Å². The molecule has 1 saturated heterocycles. The predicted octanol–water partition coefficient (Wildman–Crippen LogP) is 1.00. The lowest BCUT2D eigenvalue weighted by Gasteiger charge is -2.32. The molecule has 1 aliphatic rings. The van der Waals surface area contributed by atoms with Gasteiger partial charge in [-0.1, -0.05) is 13.3 Å². The molecule has 0 aromatic carbocycles. The van der Waals surface area contributed by atoms with Crippen molar-refractivity contribution in [2.24, 2.45) is 0 Å². The number of aromatic amines is 1. The highest BCUT2D eigenvalue weighted by atomic mass is 16.2. The van der Waals surface area contributed by atoms with Gasteiger partial charge in [-0.25, -0.2) is 0 Å². The fourth-order valence-corrected chi connectivity index (χ4v) is 2.78. The van der Waals surface area contributed by atoms with Crippen LogP contribution < -0.4 is 16.2 Å². The van der Waals surface area contributed by atoms with Gasteiger partial charge in [0.05, 0.1) is 0 Å². The van der Waals surface area contributed by atoms with E-state index >= 15 is 0 Å². The highest BCUT2D eigenvalue weighted by molar-refractivity contribution is 6.39. The van der Waals surface area contributed by atoms with Crippen LogP contribution in [0.2, 0.25) is 0 Å². The minimum atomic E-state index is -0.808. The first-order valence-electron chi connectivity index (χ1n) is 8.53. The Labute approximate surface area is 141 Å². The molecule has 1 aromatic rings. The maximum absolute atomic E-state index is 12.0. The average molecular weight is 334 g/mol. The van der Waals surface area contributed by atoms with E-state index in [1.165, 1.54) is 18.9 Å². The topological polar surface area (TPSA) is 94.3 Å². The van der Waals surface area contributed by atoms with Crippen molar-refractivity contribution in [3.8, 4) is 0 Å². The number of pyridine rings is 1. The van der Waals surface area contributed by atoms with E-state index in [-0.39, 0.29) is 11.7 Å². The van der Waals surface area contributed by atoms with Crippen LogP contribution in [0.5, 0.6) is 0 Å². The van der Waals surface area contributed by atoms with Gasteiger partial charge in [-0.3, -0.25) is 14.4 Å². The quantitative estimate of drug-likeness (QED) is 0.700. The Morgan fingerprint density at radius 2 is 1.96 bits per heavy atom. The number of nitrogens with zero attached hydrogens (tertiary/aromatic N) is 1. The third-order valence-electron chi connectivity index (χ3n) is 4.26. The van der Waals surface area contributed by atoms with E-state index in [1.54, 1.807) is 13.0 Å². The minimum absolute atomic E-state index is 0.0115. The van der Waals surface area contributed by atoms with E-state index in [0.29, 0.717) is 5.69 Å². The number of carbonyl (C=O) groups excluding carboxylic acids is 2. The van der Waals surface area contributed by atoms with Gasteiger partial charge in [-0.15, -0.1) is 0 Å². The normalized spacial score (nSPS) is 15.9. The molecule has 7 heteroatoms. The van der Waals surface area contributed by atoms with E-state index < -0.39 is 17.4 Å². The molecule has 132 valence electrons. The molecule has 2 amide bonds. The molecule has 0 atom stereocenters. The molecular formula is C17H26N4O3. The van der Waals surface area contributed by atoms with Crippen LogP contribution in [-0.2, 0) is 9.59 Å². The molecule has 0 spiro atoms. The summed E-state index contributed by atoms with van der Waals surface area (Å²) in [6.07, 6.45) is 4.04. The Morgan fingerprint density at radius 1 is 1.25 bits per heavy atom. The van der Waals surface area contributed by atoms with Crippen LogP contribution in [0, 0.1) is 6.92 Å². The van der Waals surface area contributed by atoms with Crippen molar-refractivity contribution in [3.63, 3.8) is 0 Å². The molecule has 0 aliphatic carbocycles. The Hall–Kier alpha value is -2.15. The second kappa shape index (κ2) is 8.63. The second-order valence-corrected chi connectivity index (χ2v) is 6.28. The number of carbonyl (C=O) groups is 2. The summed E-state index contributed by atoms with van der Waals surface area (Å²) in [6.45, 7) is 6.87. The summed E-state index contributed by atoms with van der Waals surface area (Å²) in [5.74, 6) is -1.50. The molecule has 2 heterocycles. The number of aromatic nitrogens is 1. The summed E-state index contributed by atoms with van der Waals surface area (Å²) in [4.78, 5) is 40.6. The zero-order valence-electron chi connectivity index (χ0n) is 14.4. The van der Waals surface area contributed by atoms with Crippen LogP contribution in [0.3, 0.4) is 0 Å². The van der Waals surface area contributed by atoms with Gasteiger partial charge in [0.15, 0.2) is 0 Å². The van der Waals surface area contributed by atoms with Crippen molar-refractivity contribution in [2.45, 2.75) is 45.6 Å². The maximum Gasteiger partial charge on any atom is 0.313 e. The highest BCUT2D eigenvalue weighted by Crippen LogP contribution is 2.11. The zero-order chi connectivity index (χ0) is 17.5. The number of aryl methyl sites for hydroxylation is 1. The Kier molecular flexibility index (Phi) is 6.54. The van der Waals surface area contributed by atoms with E-state index in [2.05, 4.69) is 27.4 Å². The SMILES string of the molecule is CCCCN1CCC(NC(=O)C(=O)Nc2ccc(C)[nH]c2=O)CC1. The van der Waals surface area contributed by atoms with Crippen LogP contribution in [0.15, 0.2) is 16.9 Å². The standard InChI is InChI=1S/C17H26N4O3/c1-3-4-9-21-10-7-13(8-11-21)19-16(23)17(24)20-14-6-5-12(2)18-15(14)22/h5-6,13H,3-4,7-11H2,1-2H3,(H,18,22)(H,19,23)(H,20,24). The molecule has 0 bridgehead atoms. The number of unbranched alkanes of at least 4 members (excludes halogenated alkanes) is 1. The van der Waals surface area contributed by atoms with E-state index in [0.717, 1.165) is 32.5 Å². The van der Waals surface area contributed by atoms with Gasteiger partial charge in [0.25, 0.3) is 5.56 Å². The number of hydrogen-bond donors (Lipinski definition) is 3. The van der Waals surface area contributed by atoms with Crippen LogP contribution in [0.1, 0.15) is 38.3 Å². The number of rotatable bonds is 5. The molecule has 1 aliphatic heterocycles. The van der Waals surface area contributed by atoms with Gasteiger partial charge in [-0.05, 0) is 44.9 Å². The van der Waals surface area contributed by atoms with Crippen molar-refractivity contribution in [1.82, 2.24) is 15.2 Å². The largest absolute Gasteiger partial charge is 0.345 e. The summed E-state index contributed by atoms with van der Waals surface area (Å²) < 4.78 is 0. The average Bonchev–Trinajstić information content (AvgIpc) is 2.56. The molecule has 0 saturated carbocycles. The number of piperidine rings is 1. The maximum atomic E-state index is 12.0. The van der Waals surface area contributed by atoms with E-state index in [1.807, 2.05) is 0 Å². The van der Waals surface area contributed by atoms with Crippen molar-refractivity contribution in [1.29, 1.82) is 0 Å². The van der Waals surface area contributed by atoms with Crippen molar-refractivity contribution in [3.05, 3.63) is 28.2 Å². The molecule has 3 N–H and O–H groups in total. The number of hydrogen-bond acceptors (Lipinski definition) is 4. The first kappa shape index (κ1) is 18.2. The first-order valence-corrected chi connectivity index (χ1v) is 8.53. The number of amides is 2.